The Morgan fingerprint density at radius 1 is 0.972 bits per heavy atom. The Labute approximate surface area is 217 Å². The van der Waals surface area contributed by atoms with Gasteiger partial charge in [0.1, 0.15) is 0 Å². The number of amides is 1. The minimum absolute atomic E-state index is 0.0254. The van der Waals surface area contributed by atoms with Crippen LogP contribution in [-0.2, 0) is 16.0 Å². The van der Waals surface area contributed by atoms with E-state index in [4.69, 9.17) is 4.74 Å². The van der Waals surface area contributed by atoms with E-state index in [1.807, 2.05) is 35.2 Å². The third kappa shape index (κ3) is 7.60. The van der Waals surface area contributed by atoms with Gasteiger partial charge < -0.3 is 15.0 Å². The molecule has 0 saturated heterocycles. The Kier molecular flexibility index (Phi) is 10.3. The second-order valence-corrected chi connectivity index (χ2v) is 10.1. The molecule has 0 bridgehead atoms. The Bertz CT molecular complexity index is 954. The van der Waals surface area contributed by atoms with Crippen molar-refractivity contribution in [2.75, 3.05) is 44.2 Å². The minimum atomic E-state index is -0.0254. The average molecular weight is 490 g/mol. The van der Waals surface area contributed by atoms with Crippen molar-refractivity contribution in [1.29, 1.82) is 0 Å². The molecule has 0 unspecified atom stereocenters. The number of nitrogens with one attached hydrogen (secondary N) is 1. The number of aryl methyl sites for hydroxylation is 1. The van der Waals surface area contributed by atoms with Gasteiger partial charge in [0.15, 0.2) is 0 Å². The molecule has 0 radical (unpaired) electrons. The number of benzene rings is 2. The topological polar surface area (TPSA) is 44.8 Å². The van der Waals surface area contributed by atoms with Crippen molar-refractivity contribution in [3.05, 3.63) is 77.7 Å². The second kappa shape index (κ2) is 14.1. The summed E-state index contributed by atoms with van der Waals surface area (Å²) >= 11 is 0. The van der Waals surface area contributed by atoms with E-state index in [-0.39, 0.29) is 5.91 Å². The van der Waals surface area contributed by atoms with Crippen LogP contribution >= 0.6 is 0 Å². The Hall–Kier alpha value is -2.79. The van der Waals surface area contributed by atoms with Crippen LogP contribution in [0.5, 0.6) is 0 Å². The van der Waals surface area contributed by atoms with Gasteiger partial charge in [-0.25, -0.2) is 0 Å². The number of carbonyl (C=O) groups is 1. The summed E-state index contributed by atoms with van der Waals surface area (Å²) in [5, 5.41) is 3.57. The van der Waals surface area contributed by atoms with Crippen molar-refractivity contribution >= 4 is 11.6 Å². The normalized spacial score (nSPS) is 16.7. The molecule has 1 saturated carbocycles. The number of anilines is 1. The lowest BCUT2D eigenvalue weighted by molar-refractivity contribution is -0.117. The molecular weight excluding hydrogens is 446 g/mol. The number of para-hydroxylation sites is 1. The number of rotatable bonds is 14. The van der Waals surface area contributed by atoms with Gasteiger partial charge in [-0.05, 0) is 56.0 Å². The van der Waals surface area contributed by atoms with E-state index in [0.717, 1.165) is 62.7 Å². The lowest BCUT2D eigenvalue weighted by Gasteiger charge is -2.22. The first-order valence-electron chi connectivity index (χ1n) is 14.0. The Morgan fingerprint density at radius 2 is 1.69 bits per heavy atom. The third-order valence-electron chi connectivity index (χ3n) is 7.59. The lowest BCUT2D eigenvalue weighted by Crippen LogP contribution is -2.34. The van der Waals surface area contributed by atoms with Gasteiger partial charge in [-0.15, -0.1) is 0 Å². The second-order valence-electron chi connectivity index (χ2n) is 10.1. The summed E-state index contributed by atoms with van der Waals surface area (Å²) in [6.07, 6.45) is 9.93. The first-order valence-corrected chi connectivity index (χ1v) is 14.0. The van der Waals surface area contributed by atoms with Crippen LogP contribution in [0.4, 0.5) is 5.69 Å². The molecule has 5 heteroatoms. The molecule has 1 heterocycles. The summed E-state index contributed by atoms with van der Waals surface area (Å²) in [5.41, 5.74) is 3.24. The van der Waals surface area contributed by atoms with Crippen LogP contribution in [0.25, 0.3) is 0 Å². The number of likely N-dealkylation sites (N-methyl/N-ethyl adjacent to an activating group) is 1. The molecule has 2 aromatic carbocycles. The molecule has 1 N–H and O–H groups in total. The summed E-state index contributed by atoms with van der Waals surface area (Å²) in [6.45, 7) is 7.24. The van der Waals surface area contributed by atoms with E-state index < -0.39 is 0 Å². The summed E-state index contributed by atoms with van der Waals surface area (Å²) in [4.78, 5) is 17.6. The zero-order valence-corrected chi connectivity index (χ0v) is 22.0. The average Bonchev–Trinajstić information content (AvgIpc) is 3.24. The first-order chi connectivity index (χ1) is 17.7. The zero-order chi connectivity index (χ0) is 25.0. The number of ether oxygens (including phenoxy) is 1. The molecule has 1 aliphatic heterocycles. The zero-order valence-electron chi connectivity index (χ0n) is 22.0. The van der Waals surface area contributed by atoms with Crippen molar-refractivity contribution in [1.82, 2.24) is 10.2 Å². The van der Waals surface area contributed by atoms with Crippen molar-refractivity contribution in [3.63, 3.8) is 0 Å². The van der Waals surface area contributed by atoms with Crippen LogP contribution in [0.3, 0.4) is 0 Å². The molecular formula is C31H43N3O2. The molecule has 1 aliphatic carbocycles. The summed E-state index contributed by atoms with van der Waals surface area (Å²) in [5.74, 6) is 1.23. The summed E-state index contributed by atoms with van der Waals surface area (Å²) < 4.78 is 6.19. The van der Waals surface area contributed by atoms with E-state index in [9.17, 15) is 4.79 Å². The molecule has 0 aromatic heterocycles. The van der Waals surface area contributed by atoms with Crippen molar-refractivity contribution in [2.45, 2.75) is 58.3 Å². The number of nitrogens with zero attached hydrogens (tertiary/aromatic N) is 2. The smallest absolute Gasteiger partial charge is 0.295 e. The predicted octanol–water partition coefficient (Wildman–Crippen LogP) is 5.78. The highest BCUT2D eigenvalue weighted by Gasteiger charge is 2.33. The van der Waals surface area contributed by atoms with E-state index in [2.05, 4.69) is 47.5 Å². The highest BCUT2D eigenvalue weighted by molar-refractivity contribution is 6.07. The number of hydrogen-bond donors (Lipinski definition) is 1. The van der Waals surface area contributed by atoms with E-state index in [1.165, 1.54) is 37.7 Å². The van der Waals surface area contributed by atoms with Crippen LogP contribution in [0.1, 0.15) is 57.4 Å². The molecule has 2 aliphatic rings. The van der Waals surface area contributed by atoms with Gasteiger partial charge in [-0.1, -0.05) is 87.6 Å². The van der Waals surface area contributed by atoms with Gasteiger partial charge in [0.05, 0.1) is 18.8 Å². The largest absolute Gasteiger partial charge is 0.486 e. The fourth-order valence-electron chi connectivity index (χ4n) is 5.40. The lowest BCUT2D eigenvalue weighted by atomic mass is 9.87. The van der Waals surface area contributed by atoms with Crippen molar-refractivity contribution in [3.8, 4) is 0 Å². The quantitative estimate of drug-likeness (QED) is 0.366. The highest BCUT2D eigenvalue weighted by Crippen LogP contribution is 2.28. The summed E-state index contributed by atoms with van der Waals surface area (Å²) in [6, 6.07) is 20.6. The number of hydrogen-bond acceptors (Lipinski definition) is 4. The van der Waals surface area contributed by atoms with Gasteiger partial charge in [0, 0.05) is 18.8 Å². The van der Waals surface area contributed by atoms with Crippen molar-refractivity contribution < 1.29 is 9.53 Å². The van der Waals surface area contributed by atoms with Gasteiger partial charge in [-0.3, -0.25) is 9.69 Å². The van der Waals surface area contributed by atoms with Crippen LogP contribution in [-0.4, -0.2) is 50.1 Å². The van der Waals surface area contributed by atoms with E-state index in [0.29, 0.717) is 18.9 Å². The first kappa shape index (κ1) is 26.3. The number of carbonyl (C=O) groups excluding carboxylic acids is 1. The van der Waals surface area contributed by atoms with Gasteiger partial charge in [0.25, 0.3) is 5.91 Å². The van der Waals surface area contributed by atoms with Crippen LogP contribution in [0.15, 0.2) is 72.1 Å². The maximum Gasteiger partial charge on any atom is 0.295 e. The predicted molar refractivity (Wildman–Crippen MR) is 148 cm³/mol. The van der Waals surface area contributed by atoms with E-state index >= 15 is 0 Å². The minimum Gasteiger partial charge on any atom is -0.486 e. The highest BCUT2D eigenvalue weighted by atomic mass is 16.5. The fraction of sp³-hybridized carbons (Fsp3) is 0.516. The molecule has 5 nitrogen and oxygen atoms in total. The molecule has 1 fully saturated rings. The Balaban J connectivity index is 1.30. The molecule has 2 aromatic rings. The molecule has 0 atom stereocenters. The third-order valence-corrected chi connectivity index (χ3v) is 7.59. The fourth-order valence-corrected chi connectivity index (χ4v) is 5.40. The molecule has 4 rings (SSSR count). The standard InChI is InChI=1S/C31H43N3O2/c1-2-33(22-12-17-26-13-6-3-7-14-26)23-21-32-29-25-34(28-18-10-5-11-19-28)31(35)30(29)36-24-20-27-15-8-4-9-16-27/h3,5-7,10-11,13-14,18-19,27,32H,2,4,8-9,12,15-17,20-25H2,1H3. The van der Waals surface area contributed by atoms with Crippen LogP contribution in [0, 0.1) is 5.92 Å². The van der Waals surface area contributed by atoms with Crippen LogP contribution in [0.2, 0.25) is 0 Å². The maximum atomic E-state index is 13.3. The van der Waals surface area contributed by atoms with Gasteiger partial charge in [-0.2, -0.15) is 0 Å². The van der Waals surface area contributed by atoms with E-state index in [1.54, 1.807) is 0 Å². The van der Waals surface area contributed by atoms with Gasteiger partial charge >= 0.3 is 0 Å². The summed E-state index contributed by atoms with van der Waals surface area (Å²) in [7, 11) is 0. The van der Waals surface area contributed by atoms with Crippen LogP contribution < -0.4 is 10.2 Å². The maximum absolute atomic E-state index is 13.3. The molecule has 1 amide bonds. The molecule has 194 valence electrons. The monoisotopic (exact) mass is 489 g/mol. The SMILES string of the molecule is CCN(CCCc1ccccc1)CCNC1=C(OCCC2CCCCC2)C(=O)N(c2ccccc2)C1. The Morgan fingerprint density at radius 3 is 2.42 bits per heavy atom. The molecule has 36 heavy (non-hydrogen) atoms. The van der Waals surface area contributed by atoms with Crippen molar-refractivity contribution in [2.24, 2.45) is 5.92 Å². The van der Waals surface area contributed by atoms with Gasteiger partial charge in [0.2, 0.25) is 5.76 Å². The molecule has 0 spiro atoms.